The van der Waals surface area contributed by atoms with Crippen molar-refractivity contribution in [1.29, 1.82) is 0 Å². The number of aromatic nitrogens is 3. The molecule has 0 radical (unpaired) electrons. The average molecular weight is 387 g/mol. The summed E-state index contributed by atoms with van der Waals surface area (Å²) in [6, 6.07) is 0. The molecule has 2 aromatic heterocycles. The number of hydrogen-bond donors (Lipinski definition) is 1. The summed E-state index contributed by atoms with van der Waals surface area (Å²) in [5, 5.41) is 8.64. The van der Waals surface area contributed by atoms with E-state index >= 15 is 0 Å². The Morgan fingerprint density at radius 1 is 1.36 bits per heavy atom. The number of hydrogen-bond acceptors (Lipinski definition) is 7. The lowest BCUT2D eigenvalue weighted by atomic mass is 9.82. The van der Waals surface area contributed by atoms with Crippen LogP contribution in [0.25, 0.3) is 4.96 Å². The molecule has 3 rings (SSSR count). The zero-order chi connectivity index (χ0) is 18.3. The molecule has 1 aliphatic rings. The minimum Gasteiger partial charge on any atom is -0.381 e. The Kier molecular flexibility index (Phi) is 4.85. The van der Waals surface area contributed by atoms with Crippen LogP contribution in [-0.4, -0.2) is 54.8 Å². The fraction of sp³-hybridized carbons (Fsp3) is 0.750. The van der Waals surface area contributed by atoms with Gasteiger partial charge >= 0.3 is 0 Å². The van der Waals surface area contributed by atoms with Crippen molar-refractivity contribution in [3.63, 3.8) is 0 Å². The van der Waals surface area contributed by atoms with Gasteiger partial charge in [-0.3, -0.25) is 0 Å². The minimum absolute atomic E-state index is 0.0113. The van der Waals surface area contributed by atoms with Crippen molar-refractivity contribution in [1.82, 2.24) is 14.6 Å². The molecule has 0 unspecified atom stereocenters. The molecule has 0 bridgehead atoms. The quantitative estimate of drug-likeness (QED) is 0.849. The summed E-state index contributed by atoms with van der Waals surface area (Å²) in [5.74, 6) is 0.174. The van der Waals surface area contributed by atoms with Gasteiger partial charge in [0.15, 0.2) is 0 Å². The third kappa shape index (κ3) is 4.51. The first-order chi connectivity index (χ1) is 11.6. The van der Waals surface area contributed by atoms with Crippen LogP contribution in [-0.2, 0) is 20.0 Å². The Balaban J connectivity index is 1.74. The maximum Gasteiger partial charge on any atom is 0.214 e. The third-order valence-electron chi connectivity index (χ3n) is 4.55. The summed E-state index contributed by atoms with van der Waals surface area (Å²) in [7, 11) is -3.05. The number of imidazole rings is 1. The lowest BCUT2D eigenvalue weighted by molar-refractivity contribution is 0.0315. The zero-order valence-corrected chi connectivity index (χ0v) is 16.8. The van der Waals surface area contributed by atoms with Gasteiger partial charge in [0.25, 0.3) is 0 Å². The number of fused-ring (bicyclic) bond motifs is 1. The van der Waals surface area contributed by atoms with Crippen LogP contribution in [0, 0.1) is 5.41 Å². The van der Waals surface area contributed by atoms with E-state index in [0.29, 0.717) is 19.8 Å². The average Bonchev–Trinajstić information content (AvgIpc) is 3.02. The second-order valence-electron chi connectivity index (χ2n) is 8.05. The Morgan fingerprint density at radius 3 is 2.60 bits per heavy atom. The van der Waals surface area contributed by atoms with Crippen LogP contribution in [0.3, 0.4) is 0 Å². The van der Waals surface area contributed by atoms with Crippen molar-refractivity contribution in [3.05, 3.63) is 11.9 Å². The van der Waals surface area contributed by atoms with Gasteiger partial charge in [-0.05, 0) is 12.8 Å². The Bertz CT molecular complexity index is 811. The highest BCUT2D eigenvalue weighted by atomic mass is 32.2. The predicted octanol–water partition coefficient (Wildman–Crippen LogP) is 2.34. The van der Waals surface area contributed by atoms with Crippen molar-refractivity contribution >= 4 is 31.3 Å². The standard InChI is InChI=1S/C16H26N4O3S2/c1-15(2,3)12-9-20-14(18-12)24-13(19-20)17-10-16(11-25(4,21)22)5-7-23-8-6-16/h9H,5-8,10-11H2,1-4H3,(H,17,19). The van der Waals surface area contributed by atoms with Crippen molar-refractivity contribution < 1.29 is 13.2 Å². The lowest BCUT2D eigenvalue weighted by Crippen LogP contribution is -2.41. The fourth-order valence-corrected chi connectivity index (χ4v) is 5.41. The maximum atomic E-state index is 11.9. The number of ether oxygens (including phenoxy) is 1. The third-order valence-corrected chi connectivity index (χ3v) is 6.57. The smallest absolute Gasteiger partial charge is 0.214 e. The highest BCUT2D eigenvalue weighted by Crippen LogP contribution is 2.33. The molecule has 25 heavy (non-hydrogen) atoms. The van der Waals surface area contributed by atoms with Crippen LogP contribution in [0.4, 0.5) is 5.13 Å². The van der Waals surface area contributed by atoms with E-state index in [2.05, 4.69) is 36.2 Å². The van der Waals surface area contributed by atoms with Crippen LogP contribution in [0.2, 0.25) is 0 Å². The number of rotatable bonds is 5. The van der Waals surface area contributed by atoms with Crippen LogP contribution >= 0.6 is 11.3 Å². The van der Waals surface area contributed by atoms with E-state index < -0.39 is 9.84 Å². The second-order valence-corrected chi connectivity index (χ2v) is 11.1. The van der Waals surface area contributed by atoms with Crippen LogP contribution in [0.15, 0.2) is 6.20 Å². The highest BCUT2D eigenvalue weighted by Gasteiger charge is 2.36. The van der Waals surface area contributed by atoms with E-state index in [9.17, 15) is 8.42 Å². The van der Waals surface area contributed by atoms with E-state index in [1.165, 1.54) is 17.6 Å². The fourth-order valence-electron chi connectivity index (χ4n) is 3.13. The molecule has 2 aromatic rings. The van der Waals surface area contributed by atoms with Gasteiger partial charge in [-0.15, -0.1) is 5.10 Å². The molecule has 1 saturated heterocycles. The van der Waals surface area contributed by atoms with E-state index in [0.717, 1.165) is 28.6 Å². The van der Waals surface area contributed by atoms with E-state index in [-0.39, 0.29) is 16.6 Å². The van der Waals surface area contributed by atoms with Crippen molar-refractivity contribution in [2.75, 3.05) is 37.1 Å². The second kappa shape index (κ2) is 6.51. The first kappa shape index (κ1) is 18.6. The molecule has 0 aromatic carbocycles. The molecule has 0 atom stereocenters. The van der Waals surface area contributed by atoms with Gasteiger partial charge in [-0.25, -0.2) is 17.9 Å². The van der Waals surface area contributed by atoms with Gasteiger partial charge < -0.3 is 10.1 Å². The molecular weight excluding hydrogens is 360 g/mol. The summed E-state index contributed by atoms with van der Waals surface area (Å²) in [5.41, 5.74) is 0.703. The van der Waals surface area contributed by atoms with Crippen LogP contribution < -0.4 is 5.32 Å². The van der Waals surface area contributed by atoms with Gasteiger partial charge in [0, 0.05) is 36.8 Å². The van der Waals surface area contributed by atoms with Gasteiger partial charge in [-0.2, -0.15) is 0 Å². The number of nitrogens with zero attached hydrogens (tertiary/aromatic N) is 3. The van der Waals surface area contributed by atoms with E-state index in [4.69, 9.17) is 4.74 Å². The molecule has 7 nitrogen and oxygen atoms in total. The first-order valence-corrected chi connectivity index (χ1v) is 11.3. The molecule has 9 heteroatoms. The molecule has 1 N–H and O–H groups in total. The lowest BCUT2D eigenvalue weighted by Gasteiger charge is -2.36. The molecule has 0 amide bonds. The zero-order valence-electron chi connectivity index (χ0n) is 15.2. The van der Waals surface area contributed by atoms with E-state index in [1.807, 2.05) is 6.20 Å². The highest BCUT2D eigenvalue weighted by molar-refractivity contribution is 7.90. The number of nitrogens with one attached hydrogen (secondary N) is 1. The van der Waals surface area contributed by atoms with Crippen molar-refractivity contribution in [3.8, 4) is 0 Å². The van der Waals surface area contributed by atoms with Gasteiger partial charge in [-0.1, -0.05) is 32.1 Å². The molecule has 140 valence electrons. The summed E-state index contributed by atoms with van der Waals surface area (Å²) >= 11 is 1.49. The van der Waals surface area contributed by atoms with Gasteiger partial charge in [0.05, 0.1) is 17.6 Å². The topological polar surface area (TPSA) is 85.6 Å². The predicted molar refractivity (Wildman–Crippen MR) is 100 cm³/mol. The summed E-state index contributed by atoms with van der Waals surface area (Å²) in [6.45, 7) is 8.16. The van der Waals surface area contributed by atoms with Crippen LogP contribution in [0.1, 0.15) is 39.3 Å². The summed E-state index contributed by atoms with van der Waals surface area (Å²) in [6.07, 6.45) is 4.74. The molecule has 0 spiro atoms. The first-order valence-electron chi connectivity index (χ1n) is 8.42. The Hall–Kier alpha value is -1.19. The summed E-state index contributed by atoms with van der Waals surface area (Å²) in [4.78, 5) is 5.48. The molecular formula is C16H26N4O3S2. The minimum atomic E-state index is -3.05. The number of anilines is 1. The number of sulfone groups is 1. The molecule has 3 heterocycles. The SMILES string of the molecule is CC(C)(C)c1cn2nc(NCC3(CS(C)(=O)=O)CCOCC3)sc2n1. The normalized spacial score (nSPS) is 18.6. The van der Waals surface area contributed by atoms with Gasteiger partial charge in [0.2, 0.25) is 10.1 Å². The van der Waals surface area contributed by atoms with Crippen molar-refractivity contribution in [2.24, 2.45) is 5.41 Å². The Labute approximate surface area is 152 Å². The van der Waals surface area contributed by atoms with Crippen molar-refractivity contribution in [2.45, 2.75) is 39.0 Å². The molecule has 0 saturated carbocycles. The van der Waals surface area contributed by atoms with Gasteiger partial charge in [0.1, 0.15) is 9.84 Å². The largest absolute Gasteiger partial charge is 0.381 e. The molecule has 0 aliphatic carbocycles. The monoisotopic (exact) mass is 386 g/mol. The van der Waals surface area contributed by atoms with E-state index in [1.54, 1.807) is 4.52 Å². The van der Waals surface area contributed by atoms with Crippen LogP contribution in [0.5, 0.6) is 0 Å². The Morgan fingerprint density at radius 2 is 2.04 bits per heavy atom. The molecule has 1 aliphatic heterocycles. The summed E-state index contributed by atoms with van der Waals surface area (Å²) < 4.78 is 30.9. The molecule has 1 fully saturated rings. The maximum absolute atomic E-state index is 11.9.